The van der Waals surface area contributed by atoms with Crippen molar-refractivity contribution in [2.45, 2.75) is 12.3 Å². The molecule has 4 nitrogen and oxygen atoms in total. The smallest absolute Gasteiger partial charge is 0.141 e. The molecule has 0 bridgehead atoms. The van der Waals surface area contributed by atoms with Gasteiger partial charge in [-0.1, -0.05) is 66.7 Å². The average Bonchev–Trinajstić information content (AvgIpc) is 3.22. The van der Waals surface area contributed by atoms with Gasteiger partial charge in [-0.05, 0) is 11.6 Å². The van der Waals surface area contributed by atoms with Crippen LogP contribution in [0.25, 0.3) is 21.9 Å². The fourth-order valence-electron chi connectivity index (χ4n) is 4.04. The molecule has 4 aromatic rings. The highest BCUT2D eigenvalue weighted by Crippen LogP contribution is 2.45. The van der Waals surface area contributed by atoms with Crippen LogP contribution in [0.1, 0.15) is 23.5 Å². The molecule has 0 spiro atoms. The third-order valence-corrected chi connectivity index (χ3v) is 5.29. The van der Waals surface area contributed by atoms with Crippen LogP contribution in [0.15, 0.2) is 77.2 Å². The third kappa shape index (κ3) is 1.93. The standard InChI is InChI=1S/C21H17N3O/c1-2-7-14(8-3-1)20-22-21(24-13-23(20)24)17-11-6-10-16-15-9-4-5-12-18(15)25-19(16)17/h1-12,20-22H,13H2/t20?,21?,23-,24+/m1/s1. The highest BCUT2D eigenvalue weighted by molar-refractivity contribution is 6.05. The molecule has 0 amide bonds. The fourth-order valence-corrected chi connectivity index (χ4v) is 4.04. The summed E-state index contributed by atoms with van der Waals surface area (Å²) in [6.07, 6.45) is 0.375. The van der Waals surface area contributed by atoms with E-state index in [-0.39, 0.29) is 12.3 Å². The maximum absolute atomic E-state index is 6.22. The maximum atomic E-state index is 6.22. The van der Waals surface area contributed by atoms with Gasteiger partial charge in [-0.3, -0.25) is 5.32 Å². The molecule has 0 aliphatic carbocycles. The SMILES string of the molecule is c1ccc(C2NC(c3cccc4c3oc3ccccc34)[N@]3C[N@]23)cc1. The zero-order valence-corrected chi connectivity index (χ0v) is 13.6. The predicted octanol–water partition coefficient (Wildman–Crippen LogP) is 4.38. The molecule has 3 aromatic carbocycles. The van der Waals surface area contributed by atoms with E-state index in [4.69, 9.17) is 4.42 Å². The molecule has 1 aromatic heterocycles. The molecule has 3 heterocycles. The number of nitrogens with one attached hydrogen (secondary N) is 1. The van der Waals surface area contributed by atoms with Crippen molar-refractivity contribution in [2.24, 2.45) is 0 Å². The molecule has 4 heteroatoms. The number of hydrazine groups is 1. The molecule has 25 heavy (non-hydrogen) atoms. The Morgan fingerprint density at radius 3 is 2.44 bits per heavy atom. The number of benzene rings is 3. The van der Waals surface area contributed by atoms with E-state index in [0.29, 0.717) is 0 Å². The highest BCUT2D eigenvalue weighted by Gasteiger charge is 2.51. The summed E-state index contributed by atoms with van der Waals surface area (Å²) in [5.74, 6) is 0. The number of hydrogen-bond acceptors (Lipinski definition) is 4. The summed E-state index contributed by atoms with van der Waals surface area (Å²) >= 11 is 0. The molecule has 1 N–H and O–H groups in total. The highest BCUT2D eigenvalue weighted by atomic mass is 16.3. The Balaban J connectivity index is 1.46. The molecule has 4 atom stereocenters. The van der Waals surface area contributed by atoms with Crippen molar-refractivity contribution in [2.75, 3.05) is 6.67 Å². The monoisotopic (exact) mass is 327 g/mol. The molecule has 6 rings (SSSR count). The normalized spacial score (nSPS) is 27.7. The van der Waals surface area contributed by atoms with Crippen molar-refractivity contribution in [1.82, 2.24) is 15.3 Å². The first-order valence-corrected chi connectivity index (χ1v) is 8.64. The topological polar surface area (TPSA) is 31.2 Å². The van der Waals surface area contributed by atoms with Crippen LogP contribution in [-0.4, -0.2) is 16.7 Å². The lowest BCUT2D eigenvalue weighted by Gasteiger charge is -2.17. The number of hydrogen-bond donors (Lipinski definition) is 1. The third-order valence-electron chi connectivity index (χ3n) is 5.29. The summed E-state index contributed by atoms with van der Waals surface area (Å²) in [7, 11) is 0. The molecule has 2 unspecified atom stereocenters. The van der Waals surface area contributed by atoms with Crippen LogP contribution in [0.4, 0.5) is 0 Å². The molecule has 2 fully saturated rings. The molecule has 122 valence electrons. The van der Waals surface area contributed by atoms with Crippen LogP contribution in [0.2, 0.25) is 0 Å². The molecule has 2 aliphatic heterocycles. The second-order valence-corrected chi connectivity index (χ2v) is 6.72. The molecule has 2 saturated heterocycles. The first-order valence-electron chi connectivity index (χ1n) is 8.64. The minimum atomic E-state index is 0.148. The first kappa shape index (κ1) is 13.6. The number of para-hydroxylation sites is 2. The van der Waals surface area contributed by atoms with Crippen LogP contribution in [0.3, 0.4) is 0 Å². The molecule has 2 aliphatic rings. The average molecular weight is 327 g/mol. The lowest BCUT2D eigenvalue weighted by molar-refractivity contribution is 0.314. The fraction of sp³-hybridized carbons (Fsp3) is 0.143. The number of furan rings is 1. The zero-order valence-electron chi connectivity index (χ0n) is 13.6. The summed E-state index contributed by atoms with van der Waals surface area (Å²) in [5, 5.41) is 10.8. The molecule has 0 saturated carbocycles. The van der Waals surface area contributed by atoms with Gasteiger partial charge in [-0.15, -0.1) is 0 Å². The van der Waals surface area contributed by atoms with Gasteiger partial charge < -0.3 is 4.42 Å². The Morgan fingerprint density at radius 1 is 0.760 bits per heavy atom. The Labute approximate surface area is 145 Å². The lowest BCUT2D eigenvalue weighted by Crippen LogP contribution is -2.26. The van der Waals surface area contributed by atoms with Gasteiger partial charge in [-0.25, -0.2) is 10.0 Å². The maximum Gasteiger partial charge on any atom is 0.141 e. The van der Waals surface area contributed by atoms with Gasteiger partial charge >= 0.3 is 0 Å². The molecular weight excluding hydrogens is 310 g/mol. The van der Waals surface area contributed by atoms with E-state index < -0.39 is 0 Å². The van der Waals surface area contributed by atoms with Crippen molar-refractivity contribution in [3.05, 3.63) is 83.9 Å². The summed E-state index contributed by atoms with van der Waals surface area (Å²) in [5.41, 5.74) is 4.44. The lowest BCUT2D eigenvalue weighted by atomic mass is 10.1. The summed E-state index contributed by atoms with van der Waals surface area (Å²) < 4.78 is 6.22. The van der Waals surface area contributed by atoms with Gasteiger partial charge in [0.05, 0.1) is 6.67 Å². The van der Waals surface area contributed by atoms with Crippen molar-refractivity contribution < 1.29 is 4.42 Å². The predicted molar refractivity (Wildman–Crippen MR) is 97.3 cm³/mol. The Morgan fingerprint density at radius 2 is 1.52 bits per heavy atom. The number of rotatable bonds is 2. The zero-order chi connectivity index (χ0) is 16.4. The van der Waals surface area contributed by atoms with Gasteiger partial charge in [0.15, 0.2) is 0 Å². The minimum absolute atomic E-state index is 0.148. The van der Waals surface area contributed by atoms with Crippen molar-refractivity contribution in [3.63, 3.8) is 0 Å². The second-order valence-electron chi connectivity index (χ2n) is 6.72. The van der Waals surface area contributed by atoms with Gasteiger partial charge in [0, 0.05) is 16.3 Å². The molecule has 0 radical (unpaired) electrons. The number of fused-ring (bicyclic) bond motifs is 4. The van der Waals surface area contributed by atoms with E-state index in [1.165, 1.54) is 21.9 Å². The first-order chi connectivity index (χ1) is 12.4. The van der Waals surface area contributed by atoms with Crippen molar-refractivity contribution in [1.29, 1.82) is 0 Å². The van der Waals surface area contributed by atoms with Gasteiger partial charge in [0.25, 0.3) is 0 Å². The van der Waals surface area contributed by atoms with Crippen LogP contribution < -0.4 is 5.32 Å². The van der Waals surface area contributed by atoms with E-state index in [1.54, 1.807) is 0 Å². The van der Waals surface area contributed by atoms with E-state index >= 15 is 0 Å². The van der Waals surface area contributed by atoms with E-state index in [9.17, 15) is 0 Å². The van der Waals surface area contributed by atoms with Crippen LogP contribution >= 0.6 is 0 Å². The van der Waals surface area contributed by atoms with Crippen molar-refractivity contribution in [3.8, 4) is 0 Å². The Hall–Kier alpha value is -2.66. The van der Waals surface area contributed by atoms with E-state index in [2.05, 4.69) is 76.0 Å². The largest absolute Gasteiger partial charge is 0.456 e. The van der Waals surface area contributed by atoms with Crippen LogP contribution in [0, 0.1) is 0 Å². The van der Waals surface area contributed by atoms with Crippen LogP contribution in [0.5, 0.6) is 0 Å². The van der Waals surface area contributed by atoms with Gasteiger partial charge in [0.1, 0.15) is 23.5 Å². The van der Waals surface area contributed by atoms with Crippen LogP contribution in [-0.2, 0) is 0 Å². The quantitative estimate of drug-likeness (QED) is 0.554. The van der Waals surface area contributed by atoms with Gasteiger partial charge in [0.2, 0.25) is 0 Å². The minimum Gasteiger partial charge on any atom is -0.456 e. The van der Waals surface area contributed by atoms with E-state index in [1.807, 2.05) is 12.1 Å². The summed E-state index contributed by atoms with van der Waals surface area (Å²) in [4.78, 5) is 0. The van der Waals surface area contributed by atoms with Crippen molar-refractivity contribution >= 4 is 21.9 Å². The van der Waals surface area contributed by atoms with E-state index in [0.717, 1.165) is 17.8 Å². The molecular formula is C21H17N3O. The summed E-state index contributed by atoms with van der Waals surface area (Å²) in [6, 6.07) is 25.3. The van der Waals surface area contributed by atoms with Gasteiger partial charge in [-0.2, -0.15) is 0 Å². The Bertz CT molecular complexity index is 1090. The second kappa shape index (κ2) is 4.92. The number of nitrogens with zero attached hydrogens (tertiary/aromatic N) is 2. The summed E-state index contributed by atoms with van der Waals surface area (Å²) in [6.45, 7) is 0.980. The Kier molecular flexibility index (Phi) is 2.68.